The van der Waals surface area contributed by atoms with Crippen molar-refractivity contribution in [1.29, 1.82) is 0 Å². The van der Waals surface area contributed by atoms with Gasteiger partial charge in [-0.1, -0.05) is 6.42 Å². The van der Waals surface area contributed by atoms with Crippen molar-refractivity contribution in [2.24, 2.45) is 0 Å². The Morgan fingerprint density at radius 1 is 1.14 bits per heavy atom. The van der Waals surface area contributed by atoms with Crippen LogP contribution in [0, 0.1) is 0 Å². The standard InChI is InChI=1S/C11H24NO2/c1-4-12(14,5-2)11(3)9-7-6-8-10-13/h13-14H,3-10H2,1-2H3/q+1. The van der Waals surface area contributed by atoms with E-state index in [9.17, 15) is 5.21 Å². The van der Waals surface area contributed by atoms with Crippen LogP contribution >= 0.6 is 0 Å². The third-order valence-corrected chi connectivity index (χ3v) is 2.76. The van der Waals surface area contributed by atoms with Crippen LogP contribution in [0.15, 0.2) is 12.3 Å². The van der Waals surface area contributed by atoms with E-state index in [4.69, 9.17) is 5.11 Å². The lowest BCUT2D eigenvalue weighted by Gasteiger charge is -2.28. The maximum Gasteiger partial charge on any atom is 0.134 e. The summed E-state index contributed by atoms with van der Waals surface area (Å²) in [6.07, 6.45) is 3.69. The minimum absolute atomic E-state index is 0.0148. The molecule has 0 radical (unpaired) electrons. The van der Waals surface area contributed by atoms with Crippen LogP contribution in [0.1, 0.15) is 39.5 Å². The Kier molecular flexibility index (Phi) is 6.79. The molecule has 0 aromatic carbocycles. The summed E-state index contributed by atoms with van der Waals surface area (Å²) < 4.78 is -0.0148. The van der Waals surface area contributed by atoms with E-state index in [-0.39, 0.29) is 11.3 Å². The molecule has 0 aliphatic rings. The largest absolute Gasteiger partial charge is 0.396 e. The highest BCUT2D eigenvalue weighted by molar-refractivity contribution is 4.81. The molecule has 84 valence electrons. The molecule has 0 fully saturated rings. The summed E-state index contributed by atoms with van der Waals surface area (Å²) in [5.41, 5.74) is 0.882. The number of aliphatic hydroxyl groups excluding tert-OH is 1. The fraction of sp³-hybridized carbons (Fsp3) is 0.818. The molecule has 0 amide bonds. The molecule has 14 heavy (non-hydrogen) atoms. The second-order valence-corrected chi connectivity index (χ2v) is 3.66. The van der Waals surface area contributed by atoms with Crippen molar-refractivity contribution in [3.63, 3.8) is 0 Å². The number of rotatable bonds is 8. The molecule has 0 saturated heterocycles. The molecule has 0 aliphatic carbocycles. The number of hydrogen-bond donors (Lipinski definition) is 2. The van der Waals surface area contributed by atoms with Gasteiger partial charge in [0.1, 0.15) is 18.8 Å². The van der Waals surface area contributed by atoms with Crippen molar-refractivity contribution in [3.8, 4) is 0 Å². The topological polar surface area (TPSA) is 40.5 Å². The third-order valence-electron chi connectivity index (χ3n) is 2.76. The van der Waals surface area contributed by atoms with Gasteiger partial charge in [0.15, 0.2) is 0 Å². The number of unbranched alkanes of at least 4 members (excludes halogenated alkanes) is 2. The van der Waals surface area contributed by atoms with Gasteiger partial charge in [-0.05, 0) is 33.3 Å². The maximum absolute atomic E-state index is 10.0. The fourth-order valence-electron chi connectivity index (χ4n) is 1.50. The van der Waals surface area contributed by atoms with E-state index in [2.05, 4.69) is 6.58 Å². The quantitative estimate of drug-likeness (QED) is 0.360. The molecule has 0 aliphatic heterocycles. The second kappa shape index (κ2) is 6.98. The van der Waals surface area contributed by atoms with Crippen molar-refractivity contribution in [2.75, 3.05) is 19.7 Å². The normalized spacial score (nSPS) is 11.7. The van der Waals surface area contributed by atoms with E-state index < -0.39 is 0 Å². The minimum Gasteiger partial charge on any atom is -0.396 e. The van der Waals surface area contributed by atoms with E-state index in [1.807, 2.05) is 13.8 Å². The molecule has 0 bridgehead atoms. The lowest BCUT2D eigenvalue weighted by molar-refractivity contribution is -1.07. The zero-order valence-corrected chi connectivity index (χ0v) is 9.50. The molecule has 3 nitrogen and oxygen atoms in total. The van der Waals surface area contributed by atoms with E-state index in [1.165, 1.54) is 0 Å². The Morgan fingerprint density at radius 3 is 2.14 bits per heavy atom. The summed E-state index contributed by atoms with van der Waals surface area (Å²) >= 11 is 0. The van der Waals surface area contributed by atoms with E-state index >= 15 is 0 Å². The van der Waals surface area contributed by atoms with Crippen LogP contribution in [0.3, 0.4) is 0 Å². The van der Waals surface area contributed by atoms with Crippen molar-refractivity contribution in [1.82, 2.24) is 0 Å². The van der Waals surface area contributed by atoms with Gasteiger partial charge in [0.25, 0.3) is 0 Å². The first-order valence-corrected chi connectivity index (χ1v) is 5.49. The van der Waals surface area contributed by atoms with Crippen molar-refractivity contribution >= 4 is 0 Å². The van der Waals surface area contributed by atoms with Gasteiger partial charge >= 0.3 is 0 Å². The number of allylic oxidation sites excluding steroid dienone is 1. The van der Waals surface area contributed by atoms with Gasteiger partial charge in [-0.2, -0.15) is 4.65 Å². The Hall–Kier alpha value is -0.380. The van der Waals surface area contributed by atoms with E-state index in [0.29, 0.717) is 13.1 Å². The highest BCUT2D eigenvalue weighted by atomic mass is 16.5. The van der Waals surface area contributed by atoms with Crippen LogP contribution in [0.25, 0.3) is 0 Å². The van der Waals surface area contributed by atoms with Gasteiger partial charge in [-0.15, -0.1) is 0 Å². The molecule has 0 aromatic rings. The van der Waals surface area contributed by atoms with Crippen molar-refractivity contribution < 1.29 is 15.0 Å². The Labute approximate surface area is 87.2 Å². The van der Waals surface area contributed by atoms with Gasteiger partial charge in [0.2, 0.25) is 0 Å². The lowest BCUT2D eigenvalue weighted by atomic mass is 10.1. The zero-order chi connectivity index (χ0) is 11.0. The monoisotopic (exact) mass is 202 g/mol. The van der Waals surface area contributed by atoms with Crippen molar-refractivity contribution in [3.05, 3.63) is 12.3 Å². The number of quaternary nitrogens is 1. The van der Waals surface area contributed by atoms with Crippen LogP contribution < -0.4 is 0 Å². The van der Waals surface area contributed by atoms with Gasteiger partial charge in [0, 0.05) is 13.0 Å². The smallest absolute Gasteiger partial charge is 0.134 e. The predicted octanol–water partition coefficient (Wildman–Crippen LogP) is 2.30. The SMILES string of the molecule is C=C(CCCCCO)[N+](O)(CC)CC. The van der Waals surface area contributed by atoms with Crippen LogP contribution in [-0.2, 0) is 0 Å². The van der Waals surface area contributed by atoms with E-state index in [0.717, 1.165) is 31.4 Å². The molecule has 0 atom stereocenters. The molecule has 0 saturated carbocycles. The van der Waals surface area contributed by atoms with Gasteiger partial charge in [-0.3, -0.25) is 0 Å². The van der Waals surface area contributed by atoms with Gasteiger partial charge in [-0.25, -0.2) is 5.21 Å². The van der Waals surface area contributed by atoms with Crippen LogP contribution in [-0.4, -0.2) is 34.7 Å². The average molecular weight is 202 g/mol. The molecule has 0 rings (SSSR count). The second-order valence-electron chi connectivity index (χ2n) is 3.66. The molecule has 0 unspecified atom stereocenters. The summed E-state index contributed by atoms with van der Waals surface area (Å²) in [6.45, 7) is 9.46. The summed E-state index contributed by atoms with van der Waals surface area (Å²) in [7, 11) is 0. The first-order valence-electron chi connectivity index (χ1n) is 5.49. The fourth-order valence-corrected chi connectivity index (χ4v) is 1.50. The number of hydroxylamine groups is 3. The van der Waals surface area contributed by atoms with Crippen LogP contribution in [0.2, 0.25) is 0 Å². The van der Waals surface area contributed by atoms with Crippen LogP contribution in [0.4, 0.5) is 0 Å². The maximum atomic E-state index is 10.0. The molecule has 2 N–H and O–H groups in total. The molecule has 3 heteroatoms. The highest BCUT2D eigenvalue weighted by Crippen LogP contribution is 2.18. The minimum atomic E-state index is -0.0148. The Morgan fingerprint density at radius 2 is 1.71 bits per heavy atom. The summed E-state index contributed by atoms with van der Waals surface area (Å²) in [6, 6.07) is 0. The first kappa shape index (κ1) is 13.6. The lowest BCUT2D eigenvalue weighted by Crippen LogP contribution is -2.42. The predicted molar refractivity (Wildman–Crippen MR) is 57.8 cm³/mol. The van der Waals surface area contributed by atoms with Crippen LogP contribution in [0.5, 0.6) is 0 Å². The molecule has 0 aromatic heterocycles. The number of aliphatic hydroxyl groups is 1. The molecular weight excluding hydrogens is 178 g/mol. The number of nitrogens with zero attached hydrogens (tertiary/aromatic N) is 1. The summed E-state index contributed by atoms with van der Waals surface area (Å²) in [5, 5.41) is 18.7. The molecule has 0 heterocycles. The molecule has 0 spiro atoms. The average Bonchev–Trinajstić information content (AvgIpc) is 2.22. The number of hydrogen-bond acceptors (Lipinski definition) is 2. The Bertz CT molecular complexity index is 165. The highest BCUT2D eigenvalue weighted by Gasteiger charge is 2.24. The van der Waals surface area contributed by atoms with Crippen molar-refractivity contribution in [2.45, 2.75) is 39.5 Å². The van der Waals surface area contributed by atoms with Gasteiger partial charge < -0.3 is 5.11 Å². The third kappa shape index (κ3) is 4.22. The summed E-state index contributed by atoms with van der Waals surface area (Å²) in [5.74, 6) is 0. The first-order chi connectivity index (χ1) is 6.60. The zero-order valence-electron chi connectivity index (χ0n) is 9.50. The summed E-state index contributed by atoms with van der Waals surface area (Å²) in [4.78, 5) is 0. The Balaban J connectivity index is 3.82. The van der Waals surface area contributed by atoms with Gasteiger partial charge in [0.05, 0.1) is 0 Å². The van der Waals surface area contributed by atoms with E-state index in [1.54, 1.807) is 0 Å². The molecular formula is C11H24NO2+.